The number of aliphatic hydroxyl groups is 1. The molecule has 0 heterocycles. The Morgan fingerprint density at radius 1 is 1.31 bits per heavy atom. The maximum atomic E-state index is 10.2. The monoisotopic (exact) mass is 252 g/mol. The van der Waals surface area contributed by atoms with E-state index in [0.29, 0.717) is 6.61 Å². The van der Waals surface area contributed by atoms with Crippen LogP contribution in [0.4, 0.5) is 0 Å². The molecule has 0 aromatic rings. The SMILES string of the molecule is CCCO.O=S(=O)(O)C(CCl)CCl. The van der Waals surface area contributed by atoms with Gasteiger partial charge in [0.25, 0.3) is 10.1 Å². The fraction of sp³-hybridized carbons (Fsp3) is 1.00. The van der Waals surface area contributed by atoms with Crippen LogP contribution in [0, 0.1) is 0 Å². The van der Waals surface area contributed by atoms with Crippen molar-refractivity contribution in [2.24, 2.45) is 0 Å². The van der Waals surface area contributed by atoms with Gasteiger partial charge in [-0.15, -0.1) is 23.2 Å². The molecule has 0 amide bonds. The molecule has 0 spiro atoms. The lowest BCUT2D eigenvalue weighted by Crippen LogP contribution is -2.23. The second kappa shape index (κ2) is 9.02. The number of hydrogen-bond acceptors (Lipinski definition) is 3. The molecule has 7 heteroatoms. The Balaban J connectivity index is 0. The average Bonchev–Trinajstić information content (AvgIpc) is 2.05. The molecule has 0 fully saturated rings. The highest BCUT2D eigenvalue weighted by molar-refractivity contribution is 7.86. The van der Waals surface area contributed by atoms with Crippen molar-refractivity contribution in [3.63, 3.8) is 0 Å². The second-order valence-corrected chi connectivity index (χ2v) is 4.48. The van der Waals surface area contributed by atoms with Gasteiger partial charge in [-0.2, -0.15) is 8.42 Å². The predicted molar refractivity (Wildman–Crippen MR) is 54.2 cm³/mol. The Bertz CT molecular complexity index is 187. The van der Waals surface area contributed by atoms with Gasteiger partial charge >= 0.3 is 0 Å². The lowest BCUT2D eigenvalue weighted by atomic mass is 10.5. The first-order valence-electron chi connectivity index (χ1n) is 3.63. The molecular weight excluding hydrogens is 239 g/mol. The minimum Gasteiger partial charge on any atom is -0.396 e. The standard InChI is InChI=1S/C3H6Cl2O3S.C3H8O/c4-1-3(2-5)9(6,7)8;1-2-3-4/h3H,1-2H2,(H,6,7,8);4H,2-3H2,1H3. The van der Waals surface area contributed by atoms with Crippen LogP contribution in [0.15, 0.2) is 0 Å². The summed E-state index contributed by atoms with van der Waals surface area (Å²) in [6.07, 6.45) is 0.875. The van der Waals surface area contributed by atoms with Gasteiger partial charge in [-0.3, -0.25) is 4.55 Å². The highest BCUT2D eigenvalue weighted by Crippen LogP contribution is 2.02. The lowest BCUT2D eigenvalue weighted by Gasteiger charge is -2.03. The van der Waals surface area contributed by atoms with Crippen LogP contribution >= 0.6 is 23.2 Å². The number of halogens is 2. The Hall–Kier alpha value is 0.450. The molecule has 82 valence electrons. The highest BCUT2D eigenvalue weighted by atomic mass is 35.5. The Morgan fingerprint density at radius 3 is 1.62 bits per heavy atom. The molecule has 2 N–H and O–H groups in total. The fourth-order valence-electron chi connectivity index (χ4n) is 0.200. The molecular formula is C6H14Cl2O4S. The Kier molecular flexibility index (Phi) is 11.0. The van der Waals surface area contributed by atoms with Crippen LogP contribution in [-0.4, -0.2) is 41.7 Å². The molecule has 0 atom stereocenters. The molecule has 0 aromatic carbocycles. The van der Waals surface area contributed by atoms with Crippen molar-refractivity contribution < 1.29 is 18.1 Å². The maximum Gasteiger partial charge on any atom is 0.270 e. The number of alkyl halides is 2. The van der Waals surface area contributed by atoms with E-state index in [0.717, 1.165) is 6.42 Å². The molecule has 0 aromatic heterocycles. The average molecular weight is 253 g/mol. The summed E-state index contributed by atoms with van der Waals surface area (Å²) in [6.45, 7) is 2.25. The zero-order valence-electron chi connectivity index (χ0n) is 7.28. The van der Waals surface area contributed by atoms with Gasteiger partial charge in [0, 0.05) is 18.4 Å². The van der Waals surface area contributed by atoms with Crippen molar-refractivity contribution in [2.45, 2.75) is 18.6 Å². The summed E-state index contributed by atoms with van der Waals surface area (Å²) in [5, 5.41) is 6.83. The summed E-state index contributed by atoms with van der Waals surface area (Å²) in [6, 6.07) is 0. The van der Waals surface area contributed by atoms with E-state index in [9.17, 15) is 8.42 Å². The first kappa shape index (κ1) is 15.9. The van der Waals surface area contributed by atoms with Crippen LogP contribution in [0.1, 0.15) is 13.3 Å². The number of hydrogen-bond donors (Lipinski definition) is 2. The van der Waals surface area contributed by atoms with E-state index in [1.807, 2.05) is 6.92 Å². The van der Waals surface area contributed by atoms with Gasteiger partial charge in [0.05, 0.1) is 0 Å². The predicted octanol–water partition coefficient (Wildman–Crippen LogP) is 1.11. The summed E-state index contributed by atoms with van der Waals surface area (Å²) in [5.41, 5.74) is 0. The molecule has 0 bridgehead atoms. The third-order valence-electron chi connectivity index (χ3n) is 0.989. The van der Waals surface area contributed by atoms with Gasteiger partial charge in [-0.1, -0.05) is 6.92 Å². The van der Waals surface area contributed by atoms with Gasteiger partial charge < -0.3 is 5.11 Å². The van der Waals surface area contributed by atoms with Crippen molar-refractivity contribution in [1.29, 1.82) is 0 Å². The molecule has 13 heavy (non-hydrogen) atoms. The fourth-order valence-corrected chi connectivity index (χ4v) is 1.80. The minimum atomic E-state index is -4.03. The third kappa shape index (κ3) is 10.4. The zero-order chi connectivity index (χ0) is 10.9. The van der Waals surface area contributed by atoms with E-state index in [-0.39, 0.29) is 11.8 Å². The first-order chi connectivity index (χ1) is 5.93. The van der Waals surface area contributed by atoms with Crippen molar-refractivity contribution in [2.75, 3.05) is 18.4 Å². The van der Waals surface area contributed by atoms with Gasteiger partial charge in [0.1, 0.15) is 5.25 Å². The summed E-state index contributed by atoms with van der Waals surface area (Å²) in [4.78, 5) is 0. The minimum absolute atomic E-state index is 0.178. The molecule has 0 aliphatic carbocycles. The maximum absolute atomic E-state index is 10.2. The van der Waals surface area contributed by atoms with Gasteiger partial charge in [-0.25, -0.2) is 0 Å². The lowest BCUT2D eigenvalue weighted by molar-refractivity contribution is 0.295. The Morgan fingerprint density at radius 2 is 1.62 bits per heavy atom. The van der Waals surface area contributed by atoms with Crippen molar-refractivity contribution in [3.8, 4) is 0 Å². The summed E-state index contributed by atoms with van der Waals surface area (Å²) in [7, 11) is -4.03. The van der Waals surface area contributed by atoms with E-state index >= 15 is 0 Å². The van der Waals surface area contributed by atoms with Crippen molar-refractivity contribution in [3.05, 3.63) is 0 Å². The van der Waals surface area contributed by atoms with Gasteiger partial charge in [-0.05, 0) is 6.42 Å². The van der Waals surface area contributed by atoms with Gasteiger partial charge in [0.15, 0.2) is 0 Å². The molecule has 0 aliphatic rings. The van der Waals surface area contributed by atoms with Crippen molar-refractivity contribution in [1.82, 2.24) is 0 Å². The van der Waals surface area contributed by atoms with Crippen molar-refractivity contribution >= 4 is 33.3 Å². The van der Waals surface area contributed by atoms with Crippen LogP contribution in [0.25, 0.3) is 0 Å². The first-order valence-corrected chi connectivity index (χ1v) is 6.20. The molecule has 4 nitrogen and oxygen atoms in total. The smallest absolute Gasteiger partial charge is 0.270 e. The summed E-state index contributed by atoms with van der Waals surface area (Å²) < 4.78 is 28.6. The molecule has 0 unspecified atom stereocenters. The van der Waals surface area contributed by atoms with E-state index in [2.05, 4.69) is 0 Å². The highest BCUT2D eigenvalue weighted by Gasteiger charge is 2.19. The quantitative estimate of drug-likeness (QED) is 0.581. The Labute approximate surface area is 88.6 Å². The normalized spacial score (nSPS) is 10.9. The van der Waals surface area contributed by atoms with E-state index in [4.69, 9.17) is 32.9 Å². The van der Waals surface area contributed by atoms with E-state index < -0.39 is 15.4 Å². The van der Waals surface area contributed by atoms with Gasteiger partial charge in [0.2, 0.25) is 0 Å². The molecule has 0 aliphatic heterocycles. The van der Waals surface area contributed by atoms with E-state index in [1.165, 1.54) is 0 Å². The number of aliphatic hydroxyl groups excluding tert-OH is 1. The number of rotatable bonds is 4. The molecule has 0 radical (unpaired) electrons. The molecule has 0 saturated carbocycles. The van der Waals surface area contributed by atoms with Crippen LogP contribution in [-0.2, 0) is 10.1 Å². The second-order valence-electron chi connectivity index (χ2n) is 2.17. The summed E-state index contributed by atoms with van der Waals surface area (Å²) >= 11 is 10.3. The largest absolute Gasteiger partial charge is 0.396 e. The molecule has 0 rings (SSSR count). The van der Waals surface area contributed by atoms with Crippen LogP contribution < -0.4 is 0 Å². The van der Waals surface area contributed by atoms with Crippen LogP contribution in [0.3, 0.4) is 0 Å². The zero-order valence-corrected chi connectivity index (χ0v) is 9.61. The van der Waals surface area contributed by atoms with Crippen LogP contribution in [0.5, 0.6) is 0 Å². The molecule has 0 saturated heterocycles. The summed E-state index contributed by atoms with van der Waals surface area (Å²) in [5.74, 6) is -0.356. The van der Waals surface area contributed by atoms with Crippen LogP contribution in [0.2, 0.25) is 0 Å². The third-order valence-corrected chi connectivity index (χ3v) is 3.28. The topological polar surface area (TPSA) is 74.6 Å². The van der Waals surface area contributed by atoms with E-state index in [1.54, 1.807) is 0 Å².